The first-order chi connectivity index (χ1) is 15.6. The van der Waals surface area contributed by atoms with Crippen LogP contribution in [0.25, 0.3) is 0 Å². The number of nitrogens with one attached hydrogen (secondary N) is 1. The van der Waals surface area contributed by atoms with Crippen molar-refractivity contribution in [2.45, 2.75) is 19.4 Å². The molecule has 32 heavy (non-hydrogen) atoms. The Labute approximate surface area is 195 Å². The third-order valence-corrected chi connectivity index (χ3v) is 6.63. The van der Waals surface area contributed by atoms with Gasteiger partial charge < -0.3 is 10.2 Å². The molecule has 2 aliphatic rings. The number of para-hydroxylation sites is 1. The molecule has 2 amide bonds. The molecule has 1 unspecified atom stereocenters. The number of anilines is 1. The first-order valence-corrected chi connectivity index (χ1v) is 11.8. The largest absolute Gasteiger partial charge is 0.340 e. The molecule has 1 atom stereocenters. The second kappa shape index (κ2) is 10.9. The Morgan fingerprint density at radius 1 is 0.906 bits per heavy atom. The number of rotatable bonds is 6. The minimum Gasteiger partial charge on any atom is -0.340 e. The molecule has 0 bridgehead atoms. The maximum absolute atomic E-state index is 13.1. The van der Waals surface area contributed by atoms with Crippen LogP contribution in [0.4, 0.5) is 5.69 Å². The number of piperidine rings is 1. The predicted octanol–water partition coefficient (Wildman–Crippen LogP) is 3.33. The third-order valence-electron chi connectivity index (χ3n) is 6.30. The van der Waals surface area contributed by atoms with Crippen LogP contribution in [-0.4, -0.2) is 72.3 Å². The van der Waals surface area contributed by atoms with Crippen molar-refractivity contribution in [3.8, 4) is 0 Å². The molecule has 0 spiro atoms. The van der Waals surface area contributed by atoms with Crippen LogP contribution in [0.2, 0.25) is 5.02 Å². The zero-order valence-corrected chi connectivity index (χ0v) is 19.1. The van der Waals surface area contributed by atoms with Gasteiger partial charge in [-0.3, -0.25) is 19.4 Å². The molecule has 2 aliphatic heterocycles. The molecule has 2 aromatic carbocycles. The first kappa shape index (κ1) is 22.8. The monoisotopic (exact) mass is 454 g/mol. The summed E-state index contributed by atoms with van der Waals surface area (Å²) in [5, 5.41) is 3.40. The van der Waals surface area contributed by atoms with Crippen LogP contribution in [0, 0.1) is 5.92 Å². The molecule has 0 aromatic heterocycles. The van der Waals surface area contributed by atoms with Gasteiger partial charge in [0.25, 0.3) is 0 Å². The summed E-state index contributed by atoms with van der Waals surface area (Å²) >= 11 is 6.12. The standard InChI is InChI=1S/C25H31ClN4O2/c26-22-10-4-5-11-23(22)27-24(31)19-28-13-15-30(16-14-28)25(32)21-9-6-12-29(18-21)17-20-7-2-1-3-8-20/h1-5,7-8,10-11,21H,6,9,12-19H2,(H,27,31). The number of amides is 2. The van der Waals surface area contributed by atoms with Crippen molar-refractivity contribution in [3.63, 3.8) is 0 Å². The van der Waals surface area contributed by atoms with Crippen molar-refractivity contribution in [3.05, 3.63) is 65.2 Å². The summed E-state index contributed by atoms with van der Waals surface area (Å²) in [7, 11) is 0. The van der Waals surface area contributed by atoms with Crippen LogP contribution in [0.3, 0.4) is 0 Å². The van der Waals surface area contributed by atoms with Crippen molar-refractivity contribution in [2.75, 3.05) is 51.1 Å². The van der Waals surface area contributed by atoms with E-state index in [9.17, 15) is 9.59 Å². The maximum atomic E-state index is 13.1. The van der Waals surface area contributed by atoms with Gasteiger partial charge in [0, 0.05) is 39.3 Å². The van der Waals surface area contributed by atoms with Gasteiger partial charge >= 0.3 is 0 Å². The van der Waals surface area contributed by atoms with Crippen molar-refractivity contribution < 1.29 is 9.59 Å². The van der Waals surface area contributed by atoms with Crippen LogP contribution in [-0.2, 0) is 16.1 Å². The Kier molecular flexibility index (Phi) is 7.79. The van der Waals surface area contributed by atoms with E-state index < -0.39 is 0 Å². The van der Waals surface area contributed by atoms with Gasteiger partial charge in [0.15, 0.2) is 0 Å². The quantitative estimate of drug-likeness (QED) is 0.727. The molecule has 2 aromatic rings. The highest BCUT2D eigenvalue weighted by Gasteiger charge is 2.31. The van der Waals surface area contributed by atoms with E-state index >= 15 is 0 Å². The van der Waals surface area contributed by atoms with Crippen LogP contribution >= 0.6 is 11.6 Å². The second-order valence-corrected chi connectivity index (χ2v) is 9.10. The highest BCUT2D eigenvalue weighted by molar-refractivity contribution is 6.33. The minimum atomic E-state index is -0.0817. The molecule has 2 heterocycles. The summed E-state index contributed by atoms with van der Waals surface area (Å²) in [6, 6.07) is 17.7. The Morgan fingerprint density at radius 2 is 1.62 bits per heavy atom. The fourth-order valence-corrected chi connectivity index (χ4v) is 4.77. The molecule has 0 saturated carbocycles. The normalized spacial score (nSPS) is 20.2. The molecular weight excluding hydrogens is 424 g/mol. The summed E-state index contributed by atoms with van der Waals surface area (Å²) in [6.07, 6.45) is 2.02. The van der Waals surface area contributed by atoms with E-state index in [4.69, 9.17) is 11.6 Å². The van der Waals surface area contributed by atoms with Crippen LogP contribution in [0.5, 0.6) is 0 Å². The number of hydrogen-bond donors (Lipinski definition) is 1. The Morgan fingerprint density at radius 3 is 2.38 bits per heavy atom. The topological polar surface area (TPSA) is 55.9 Å². The van der Waals surface area contributed by atoms with Crippen molar-refractivity contribution in [1.29, 1.82) is 0 Å². The summed E-state index contributed by atoms with van der Waals surface area (Å²) in [5.41, 5.74) is 1.93. The third kappa shape index (κ3) is 6.09. The Hall–Kier alpha value is -2.41. The Bertz CT molecular complexity index is 915. The van der Waals surface area contributed by atoms with Crippen molar-refractivity contribution in [2.24, 2.45) is 5.92 Å². The number of hydrogen-bond acceptors (Lipinski definition) is 4. The summed E-state index contributed by atoms with van der Waals surface area (Å²) < 4.78 is 0. The van der Waals surface area contributed by atoms with E-state index in [1.165, 1.54) is 5.56 Å². The lowest BCUT2D eigenvalue weighted by atomic mass is 9.95. The average Bonchev–Trinajstić information content (AvgIpc) is 2.81. The molecule has 0 aliphatic carbocycles. The van der Waals surface area contributed by atoms with Crippen molar-refractivity contribution >= 4 is 29.1 Å². The number of benzene rings is 2. The molecule has 4 rings (SSSR count). The van der Waals surface area contributed by atoms with E-state index in [0.717, 1.165) is 32.5 Å². The Balaban J connectivity index is 1.22. The van der Waals surface area contributed by atoms with Crippen LogP contribution in [0.15, 0.2) is 54.6 Å². The SMILES string of the molecule is O=C(CN1CCN(C(=O)C2CCCN(Cc3ccccc3)C2)CC1)Nc1ccccc1Cl. The molecule has 2 saturated heterocycles. The van der Waals surface area contributed by atoms with Crippen LogP contribution < -0.4 is 5.32 Å². The van der Waals surface area contributed by atoms with Gasteiger partial charge in [-0.05, 0) is 37.1 Å². The fourth-order valence-electron chi connectivity index (χ4n) is 4.58. The molecule has 6 nitrogen and oxygen atoms in total. The lowest BCUT2D eigenvalue weighted by Crippen LogP contribution is -2.53. The predicted molar refractivity (Wildman–Crippen MR) is 128 cm³/mol. The van der Waals surface area contributed by atoms with E-state index in [1.54, 1.807) is 12.1 Å². The van der Waals surface area contributed by atoms with Crippen LogP contribution in [0.1, 0.15) is 18.4 Å². The highest BCUT2D eigenvalue weighted by Crippen LogP contribution is 2.22. The van der Waals surface area contributed by atoms with Gasteiger partial charge in [-0.2, -0.15) is 0 Å². The highest BCUT2D eigenvalue weighted by atomic mass is 35.5. The van der Waals surface area contributed by atoms with Gasteiger partial charge in [-0.15, -0.1) is 0 Å². The molecular formula is C25H31ClN4O2. The van der Waals surface area contributed by atoms with Crippen molar-refractivity contribution in [1.82, 2.24) is 14.7 Å². The number of halogens is 1. The number of piperazine rings is 1. The fraction of sp³-hybridized carbons (Fsp3) is 0.440. The zero-order valence-electron chi connectivity index (χ0n) is 18.4. The van der Waals surface area contributed by atoms with E-state index in [-0.39, 0.29) is 17.7 Å². The van der Waals surface area contributed by atoms with E-state index in [1.807, 2.05) is 23.1 Å². The van der Waals surface area contributed by atoms with Gasteiger partial charge in [-0.1, -0.05) is 54.1 Å². The minimum absolute atomic E-state index is 0.0718. The number of nitrogens with zero attached hydrogens (tertiary/aromatic N) is 3. The molecule has 0 radical (unpaired) electrons. The average molecular weight is 455 g/mol. The van der Waals surface area contributed by atoms with Gasteiger partial charge in [0.1, 0.15) is 0 Å². The van der Waals surface area contributed by atoms with Gasteiger partial charge in [0.05, 0.1) is 23.2 Å². The summed E-state index contributed by atoms with van der Waals surface area (Å²) in [5.74, 6) is 0.257. The lowest BCUT2D eigenvalue weighted by molar-refractivity contribution is -0.139. The van der Waals surface area contributed by atoms with E-state index in [2.05, 4.69) is 39.4 Å². The maximum Gasteiger partial charge on any atom is 0.238 e. The van der Waals surface area contributed by atoms with Gasteiger partial charge in [-0.25, -0.2) is 0 Å². The van der Waals surface area contributed by atoms with Gasteiger partial charge in [0.2, 0.25) is 11.8 Å². The molecule has 7 heteroatoms. The number of carbonyl (C=O) groups excluding carboxylic acids is 2. The van der Waals surface area contributed by atoms with E-state index in [0.29, 0.717) is 43.4 Å². The second-order valence-electron chi connectivity index (χ2n) is 8.69. The number of likely N-dealkylation sites (tertiary alicyclic amines) is 1. The first-order valence-electron chi connectivity index (χ1n) is 11.4. The zero-order chi connectivity index (χ0) is 22.3. The summed E-state index contributed by atoms with van der Waals surface area (Å²) in [6.45, 7) is 5.85. The lowest BCUT2D eigenvalue weighted by Gasteiger charge is -2.38. The number of carbonyl (C=O) groups is 2. The smallest absolute Gasteiger partial charge is 0.238 e. The molecule has 2 fully saturated rings. The molecule has 1 N–H and O–H groups in total. The molecule has 170 valence electrons. The summed E-state index contributed by atoms with van der Waals surface area (Å²) in [4.78, 5) is 32.0.